The molecule has 2 nitrogen and oxygen atoms in total. The molecule has 1 aromatic rings. The molecule has 0 aliphatic heterocycles. The lowest BCUT2D eigenvalue weighted by molar-refractivity contribution is 1.14. The quantitative estimate of drug-likeness (QED) is 0.804. The third kappa shape index (κ3) is 2.89. The molecule has 0 aliphatic carbocycles. The van der Waals surface area contributed by atoms with Gasteiger partial charge in [0.2, 0.25) is 0 Å². The van der Waals surface area contributed by atoms with E-state index in [-0.39, 0.29) is 0 Å². The minimum absolute atomic E-state index is 0.435. The van der Waals surface area contributed by atoms with Crippen LogP contribution < -0.4 is 5.73 Å². The van der Waals surface area contributed by atoms with Crippen molar-refractivity contribution in [1.82, 2.24) is 0 Å². The Balaban J connectivity index is 3.28. The van der Waals surface area contributed by atoms with Crippen LogP contribution in [0.5, 0.6) is 0 Å². The molecule has 0 bridgehead atoms. The van der Waals surface area contributed by atoms with E-state index in [1.165, 1.54) is 0 Å². The van der Waals surface area contributed by atoms with E-state index < -0.39 is 0 Å². The second-order valence-electron chi connectivity index (χ2n) is 3.02. The lowest BCUT2D eigenvalue weighted by Gasteiger charge is -2.05. The van der Waals surface area contributed by atoms with Crippen molar-refractivity contribution in [2.75, 3.05) is 0 Å². The van der Waals surface area contributed by atoms with Crippen LogP contribution in [0.3, 0.4) is 0 Å². The summed E-state index contributed by atoms with van der Waals surface area (Å²) in [5, 5.41) is 9.86. The molecule has 0 heterocycles. The summed E-state index contributed by atoms with van der Waals surface area (Å²) in [4.78, 5) is 0. The lowest BCUT2D eigenvalue weighted by atomic mass is 10.1. The van der Waals surface area contributed by atoms with Crippen molar-refractivity contribution >= 4 is 28.9 Å². The number of nitriles is 1. The van der Waals surface area contributed by atoms with E-state index in [1.807, 2.05) is 6.92 Å². The molecule has 0 fully saturated rings. The summed E-state index contributed by atoms with van der Waals surface area (Å²) < 4.78 is 0. The third-order valence-corrected chi connectivity index (χ3v) is 2.42. The Hall–Kier alpha value is -1.17. The van der Waals surface area contributed by atoms with Crippen LogP contribution in [0.15, 0.2) is 23.8 Å². The first-order chi connectivity index (χ1) is 7.08. The second-order valence-corrected chi connectivity index (χ2v) is 3.89. The van der Waals surface area contributed by atoms with Crippen LogP contribution in [0.1, 0.15) is 18.9 Å². The van der Waals surface area contributed by atoms with Gasteiger partial charge in [0.1, 0.15) is 0 Å². The Kier molecular flexibility index (Phi) is 4.02. The van der Waals surface area contributed by atoms with E-state index in [1.54, 1.807) is 18.2 Å². The Labute approximate surface area is 98.9 Å². The zero-order chi connectivity index (χ0) is 11.4. The zero-order valence-electron chi connectivity index (χ0n) is 8.22. The zero-order valence-corrected chi connectivity index (χ0v) is 9.73. The first-order valence-corrected chi connectivity index (χ1v) is 5.19. The summed E-state index contributed by atoms with van der Waals surface area (Å²) in [6.45, 7) is 1.87. The molecule has 15 heavy (non-hydrogen) atoms. The fraction of sp³-hybridized carbons (Fsp3) is 0.182. The average molecular weight is 241 g/mol. The molecule has 0 aromatic heterocycles. The minimum Gasteiger partial charge on any atom is -0.397 e. The molecule has 0 saturated carbocycles. The van der Waals surface area contributed by atoms with Crippen molar-refractivity contribution in [3.63, 3.8) is 0 Å². The fourth-order valence-corrected chi connectivity index (χ4v) is 1.74. The van der Waals surface area contributed by atoms with Crippen LogP contribution in [0.4, 0.5) is 0 Å². The predicted octanol–water partition coefficient (Wildman–Crippen LogP) is 3.60. The molecule has 2 N–H and O–H groups in total. The molecule has 1 rings (SSSR count). The number of hydrogen-bond donors (Lipinski definition) is 1. The molecule has 0 aliphatic rings. The number of halogens is 2. The van der Waals surface area contributed by atoms with Crippen LogP contribution in [0.25, 0.3) is 5.70 Å². The molecule has 0 spiro atoms. The maximum atomic E-state index is 8.84. The molecular weight excluding hydrogens is 231 g/mol. The number of nitrogens with zero attached hydrogens (tertiary/aromatic N) is 1. The largest absolute Gasteiger partial charge is 0.397 e. The van der Waals surface area contributed by atoms with Gasteiger partial charge in [0.05, 0.1) is 17.3 Å². The van der Waals surface area contributed by atoms with E-state index in [0.29, 0.717) is 33.3 Å². The smallest absolute Gasteiger partial charge is 0.0968 e. The maximum Gasteiger partial charge on any atom is 0.0968 e. The predicted molar refractivity (Wildman–Crippen MR) is 63.5 cm³/mol. The number of benzene rings is 1. The summed E-state index contributed by atoms with van der Waals surface area (Å²) in [6.07, 6.45) is 0.590. The maximum absolute atomic E-state index is 8.84. The number of rotatable bonds is 2. The van der Waals surface area contributed by atoms with Crippen LogP contribution in [-0.4, -0.2) is 0 Å². The Morgan fingerprint density at radius 1 is 1.33 bits per heavy atom. The highest BCUT2D eigenvalue weighted by Crippen LogP contribution is 2.24. The Bertz CT molecular complexity index is 424. The standard InChI is InChI=1S/C11H10Cl2N2/c1-2-7(6-14)11(15)8-3-9(12)5-10(13)4-8/h3-5H,2,15H2,1H3/b11-7-. The van der Waals surface area contributed by atoms with Gasteiger partial charge in [-0.25, -0.2) is 0 Å². The molecule has 0 amide bonds. The number of allylic oxidation sites excluding steroid dienone is 1. The van der Waals surface area contributed by atoms with Crippen LogP contribution in [0.2, 0.25) is 10.0 Å². The third-order valence-electron chi connectivity index (χ3n) is 1.99. The monoisotopic (exact) mass is 240 g/mol. The van der Waals surface area contributed by atoms with Crippen LogP contribution in [0, 0.1) is 11.3 Å². The van der Waals surface area contributed by atoms with Gasteiger partial charge in [0.15, 0.2) is 0 Å². The Morgan fingerprint density at radius 2 is 1.87 bits per heavy atom. The van der Waals surface area contributed by atoms with Crippen molar-refractivity contribution in [2.24, 2.45) is 5.73 Å². The number of hydrogen-bond acceptors (Lipinski definition) is 2. The van der Waals surface area contributed by atoms with Gasteiger partial charge in [-0.05, 0) is 24.6 Å². The lowest BCUT2D eigenvalue weighted by Crippen LogP contribution is -2.00. The molecule has 4 heteroatoms. The van der Waals surface area contributed by atoms with Gasteiger partial charge >= 0.3 is 0 Å². The van der Waals surface area contributed by atoms with Crippen molar-refractivity contribution in [2.45, 2.75) is 13.3 Å². The molecular formula is C11H10Cl2N2. The Morgan fingerprint density at radius 3 is 2.27 bits per heavy atom. The van der Waals surface area contributed by atoms with Gasteiger partial charge < -0.3 is 5.73 Å². The van der Waals surface area contributed by atoms with Crippen LogP contribution in [-0.2, 0) is 0 Å². The van der Waals surface area contributed by atoms with Crippen molar-refractivity contribution in [3.8, 4) is 6.07 Å². The van der Waals surface area contributed by atoms with Crippen molar-refractivity contribution in [3.05, 3.63) is 39.4 Å². The highest BCUT2D eigenvalue weighted by Gasteiger charge is 2.05. The summed E-state index contributed by atoms with van der Waals surface area (Å²) in [7, 11) is 0. The normalized spacial score (nSPS) is 11.9. The van der Waals surface area contributed by atoms with Crippen molar-refractivity contribution < 1.29 is 0 Å². The molecule has 0 radical (unpaired) electrons. The van der Waals surface area contributed by atoms with Crippen molar-refractivity contribution in [1.29, 1.82) is 5.26 Å². The highest BCUT2D eigenvalue weighted by molar-refractivity contribution is 6.34. The molecule has 1 aromatic carbocycles. The summed E-state index contributed by atoms with van der Waals surface area (Å²) in [5.41, 5.74) is 7.49. The average Bonchev–Trinajstić information content (AvgIpc) is 2.18. The van der Waals surface area contributed by atoms with E-state index in [9.17, 15) is 0 Å². The van der Waals surface area contributed by atoms with E-state index in [4.69, 9.17) is 34.2 Å². The van der Waals surface area contributed by atoms with Gasteiger partial charge in [0, 0.05) is 15.6 Å². The fourth-order valence-electron chi connectivity index (χ4n) is 1.21. The van der Waals surface area contributed by atoms with Gasteiger partial charge in [-0.2, -0.15) is 5.26 Å². The van der Waals surface area contributed by atoms with E-state index >= 15 is 0 Å². The summed E-state index contributed by atoms with van der Waals surface area (Å²) in [5.74, 6) is 0. The minimum atomic E-state index is 0.435. The van der Waals surface area contributed by atoms with Crippen LogP contribution >= 0.6 is 23.2 Å². The molecule has 78 valence electrons. The summed E-state index contributed by atoms with van der Waals surface area (Å²) in [6, 6.07) is 7.06. The number of nitrogens with two attached hydrogens (primary N) is 1. The topological polar surface area (TPSA) is 49.8 Å². The van der Waals surface area contributed by atoms with E-state index in [2.05, 4.69) is 6.07 Å². The second kappa shape index (κ2) is 5.06. The summed E-state index contributed by atoms with van der Waals surface area (Å²) >= 11 is 11.7. The SMILES string of the molecule is CC/C(C#N)=C(/N)c1cc(Cl)cc(Cl)c1. The first kappa shape index (κ1) is 11.9. The molecule has 0 unspecified atom stereocenters. The van der Waals surface area contributed by atoms with Gasteiger partial charge in [-0.1, -0.05) is 30.1 Å². The van der Waals surface area contributed by atoms with E-state index in [0.717, 1.165) is 0 Å². The highest BCUT2D eigenvalue weighted by atomic mass is 35.5. The molecule has 0 saturated heterocycles. The first-order valence-electron chi connectivity index (χ1n) is 4.43. The van der Waals surface area contributed by atoms with Gasteiger partial charge in [-0.15, -0.1) is 0 Å². The van der Waals surface area contributed by atoms with Gasteiger partial charge in [-0.3, -0.25) is 0 Å². The molecule has 0 atom stereocenters. The van der Waals surface area contributed by atoms with Gasteiger partial charge in [0.25, 0.3) is 0 Å².